The van der Waals surface area contributed by atoms with Crippen molar-refractivity contribution < 1.29 is 39.2 Å². The topological polar surface area (TPSA) is 165 Å². The lowest BCUT2D eigenvalue weighted by molar-refractivity contribution is -0.153. The Labute approximate surface area is 194 Å². The number of hydrogen-bond donors (Lipinski definition) is 5. The van der Waals surface area contributed by atoms with Crippen molar-refractivity contribution in [1.29, 1.82) is 0 Å². The van der Waals surface area contributed by atoms with Crippen LogP contribution in [0.4, 0.5) is 10.1 Å². The normalized spacial score (nSPS) is 28.6. The Hall–Kier alpha value is -3.44. The number of anilines is 1. The van der Waals surface area contributed by atoms with Gasteiger partial charge in [0.05, 0.1) is 11.6 Å². The lowest BCUT2D eigenvalue weighted by Crippen LogP contribution is -2.65. The third-order valence-corrected chi connectivity index (χ3v) is 7.09. The number of benzene rings is 1. The molecule has 1 aromatic rings. The molecule has 3 aliphatic rings. The number of nitrogens with zero attached hydrogens (tertiary/aromatic N) is 2. The third-order valence-electron chi connectivity index (χ3n) is 7.09. The van der Waals surface area contributed by atoms with Gasteiger partial charge in [-0.05, 0) is 44.5 Å². The van der Waals surface area contributed by atoms with Gasteiger partial charge in [0.1, 0.15) is 22.8 Å². The molecule has 0 unspecified atom stereocenters. The molecule has 6 N–H and O–H groups in total. The number of carbonyl (C=O) groups is 3. The van der Waals surface area contributed by atoms with E-state index in [-0.39, 0.29) is 35.2 Å². The summed E-state index contributed by atoms with van der Waals surface area (Å²) in [6, 6.07) is -0.000527. The van der Waals surface area contributed by atoms with Gasteiger partial charge in [0, 0.05) is 25.6 Å². The second kappa shape index (κ2) is 7.54. The van der Waals surface area contributed by atoms with Gasteiger partial charge in [-0.15, -0.1) is 0 Å². The standard InChI is InChI=1S/C23H26FN3O7/c1-26(2)15-10-6-8-5-9-7-11(24)16(27(3)4)18(29)12(9)17(28)13(8)20(31)23(10,34)21(32)14(19(15)30)22(25)33/h7-8,10,15,28-29,32,34H,5-6H2,1-4H3,(H2,25,33)/t8-,10-,15-,23-/m0/s1. The minimum atomic E-state index is -2.70. The fourth-order valence-electron chi connectivity index (χ4n) is 5.68. The van der Waals surface area contributed by atoms with Gasteiger partial charge >= 0.3 is 0 Å². The molecule has 1 saturated carbocycles. The fraction of sp³-hybridized carbons (Fsp3) is 0.435. The van der Waals surface area contributed by atoms with Crippen LogP contribution in [-0.4, -0.2) is 82.6 Å². The van der Waals surface area contributed by atoms with Crippen LogP contribution in [0.3, 0.4) is 0 Å². The number of carbonyl (C=O) groups excluding carboxylic acids is 3. The molecule has 0 saturated heterocycles. The molecule has 0 radical (unpaired) electrons. The number of aliphatic hydroxyl groups excluding tert-OH is 2. The average Bonchev–Trinajstić information content (AvgIpc) is 2.69. The number of aliphatic hydroxyl groups is 3. The molecule has 4 atom stereocenters. The first-order chi connectivity index (χ1) is 15.7. The Balaban J connectivity index is 1.99. The van der Waals surface area contributed by atoms with Crippen LogP contribution >= 0.6 is 0 Å². The van der Waals surface area contributed by atoms with Gasteiger partial charge in [-0.2, -0.15) is 0 Å². The number of ketones is 2. The van der Waals surface area contributed by atoms with E-state index in [2.05, 4.69) is 0 Å². The first kappa shape index (κ1) is 23.7. The molecular formula is C23H26FN3O7. The van der Waals surface area contributed by atoms with Crippen LogP contribution < -0.4 is 10.6 Å². The third kappa shape index (κ3) is 2.90. The van der Waals surface area contributed by atoms with E-state index in [0.717, 1.165) is 0 Å². The molecule has 11 heteroatoms. The van der Waals surface area contributed by atoms with E-state index in [0.29, 0.717) is 0 Å². The van der Waals surface area contributed by atoms with Gasteiger partial charge in [0.25, 0.3) is 5.91 Å². The van der Waals surface area contributed by atoms with E-state index >= 15 is 0 Å². The first-order valence-electron chi connectivity index (χ1n) is 10.6. The van der Waals surface area contributed by atoms with Crippen molar-refractivity contribution in [2.45, 2.75) is 24.5 Å². The zero-order valence-electron chi connectivity index (χ0n) is 19.1. The van der Waals surface area contributed by atoms with Crippen LogP contribution in [0.1, 0.15) is 17.5 Å². The van der Waals surface area contributed by atoms with Crippen LogP contribution in [0.5, 0.6) is 5.75 Å². The molecule has 0 heterocycles. The summed E-state index contributed by atoms with van der Waals surface area (Å²) >= 11 is 0. The second-order valence-corrected chi connectivity index (χ2v) is 9.45. The van der Waals surface area contributed by atoms with Crippen molar-refractivity contribution in [2.24, 2.45) is 17.6 Å². The van der Waals surface area contributed by atoms with Crippen molar-refractivity contribution in [3.8, 4) is 5.75 Å². The summed E-state index contributed by atoms with van der Waals surface area (Å²) in [5.41, 5.74) is 1.34. The van der Waals surface area contributed by atoms with Crippen LogP contribution in [0, 0.1) is 17.7 Å². The van der Waals surface area contributed by atoms with E-state index in [1.165, 1.54) is 44.1 Å². The molecule has 0 aliphatic heterocycles. The summed E-state index contributed by atoms with van der Waals surface area (Å²) in [6.07, 6.45) is -0.0176. The summed E-state index contributed by atoms with van der Waals surface area (Å²) in [7, 11) is 6.02. The first-order valence-corrected chi connectivity index (χ1v) is 10.6. The fourth-order valence-corrected chi connectivity index (χ4v) is 5.68. The largest absolute Gasteiger partial charge is 0.508 e. The van der Waals surface area contributed by atoms with E-state index in [4.69, 9.17) is 5.73 Å². The Bertz CT molecular complexity index is 1220. The Morgan fingerprint density at radius 1 is 1.18 bits per heavy atom. The monoisotopic (exact) mass is 475 g/mol. The number of rotatable bonds is 3. The van der Waals surface area contributed by atoms with E-state index in [1.807, 2.05) is 0 Å². The molecule has 1 fully saturated rings. The highest BCUT2D eigenvalue weighted by Crippen LogP contribution is 2.53. The van der Waals surface area contributed by atoms with Crippen LogP contribution in [0.2, 0.25) is 0 Å². The number of phenolic OH excluding ortho intramolecular Hbond substituents is 1. The summed E-state index contributed by atoms with van der Waals surface area (Å²) in [4.78, 5) is 41.4. The van der Waals surface area contributed by atoms with Gasteiger partial charge < -0.3 is 31.1 Å². The maximum Gasteiger partial charge on any atom is 0.255 e. The lowest BCUT2D eigenvalue weighted by Gasteiger charge is -2.50. The minimum absolute atomic E-state index is 0.0345. The number of aromatic hydroxyl groups is 1. The van der Waals surface area contributed by atoms with Crippen molar-refractivity contribution in [2.75, 3.05) is 33.1 Å². The number of likely N-dealkylation sites (N-methyl/N-ethyl adjacent to an activating group) is 1. The number of fused-ring (bicyclic) bond motifs is 3. The molecule has 10 nitrogen and oxygen atoms in total. The van der Waals surface area contributed by atoms with E-state index < -0.39 is 69.6 Å². The minimum Gasteiger partial charge on any atom is -0.508 e. The molecule has 1 aromatic carbocycles. The van der Waals surface area contributed by atoms with E-state index in [9.17, 15) is 39.2 Å². The number of nitrogens with two attached hydrogens (primary N) is 1. The van der Waals surface area contributed by atoms with Crippen molar-refractivity contribution in [1.82, 2.24) is 4.90 Å². The van der Waals surface area contributed by atoms with Gasteiger partial charge in [0.2, 0.25) is 5.78 Å². The van der Waals surface area contributed by atoms with E-state index in [1.54, 1.807) is 0 Å². The molecule has 0 aromatic heterocycles. The maximum absolute atomic E-state index is 14.7. The molecule has 1 amide bonds. The highest BCUT2D eigenvalue weighted by atomic mass is 19.1. The predicted octanol–water partition coefficient (Wildman–Crippen LogP) is 0.169. The van der Waals surface area contributed by atoms with Gasteiger partial charge in [-0.3, -0.25) is 19.3 Å². The molecule has 0 spiro atoms. The van der Waals surface area contributed by atoms with Crippen molar-refractivity contribution >= 4 is 28.9 Å². The predicted molar refractivity (Wildman–Crippen MR) is 119 cm³/mol. The summed E-state index contributed by atoms with van der Waals surface area (Å²) in [5.74, 6) is -8.26. The second-order valence-electron chi connectivity index (χ2n) is 9.45. The SMILES string of the molecule is CN(C)c1c(F)cc2c(c1O)C(O)=C1C(=O)[C@]3(O)C(O)=C(C(N)=O)C(=O)[C@@H](N(C)C)[C@@H]3C[C@@H]1C2. The molecule has 0 bridgehead atoms. The highest BCUT2D eigenvalue weighted by molar-refractivity contribution is 6.24. The molecule has 3 aliphatic carbocycles. The molecular weight excluding hydrogens is 449 g/mol. The van der Waals surface area contributed by atoms with Gasteiger partial charge in [-0.25, -0.2) is 4.39 Å². The van der Waals surface area contributed by atoms with Gasteiger partial charge in [-0.1, -0.05) is 0 Å². The number of hydrogen-bond acceptors (Lipinski definition) is 9. The Kier molecular flexibility index (Phi) is 5.26. The van der Waals surface area contributed by atoms with Crippen molar-refractivity contribution in [3.63, 3.8) is 0 Å². The Morgan fingerprint density at radius 2 is 1.79 bits per heavy atom. The smallest absolute Gasteiger partial charge is 0.255 e. The molecule has 182 valence electrons. The maximum atomic E-state index is 14.7. The lowest BCUT2D eigenvalue weighted by atomic mass is 9.57. The quantitative estimate of drug-likeness (QED) is 0.383. The molecule has 34 heavy (non-hydrogen) atoms. The van der Waals surface area contributed by atoms with Crippen LogP contribution in [0.25, 0.3) is 5.76 Å². The van der Waals surface area contributed by atoms with Crippen LogP contribution in [0.15, 0.2) is 23.0 Å². The van der Waals surface area contributed by atoms with Crippen molar-refractivity contribution in [3.05, 3.63) is 39.9 Å². The molecule has 4 rings (SSSR count). The number of Topliss-reactive ketones (excluding diaryl/α,β-unsaturated/α-hetero) is 2. The number of primary amides is 1. The average molecular weight is 475 g/mol. The van der Waals surface area contributed by atoms with Gasteiger partial charge in [0.15, 0.2) is 23.0 Å². The summed E-state index contributed by atoms with van der Waals surface area (Å²) < 4.78 is 14.7. The van der Waals surface area contributed by atoms with Crippen LogP contribution in [-0.2, 0) is 20.8 Å². The zero-order chi connectivity index (χ0) is 25.4. The summed E-state index contributed by atoms with van der Waals surface area (Å²) in [6.45, 7) is 0. The summed E-state index contributed by atoms with van der Waals surface area (Å²) in [5, 5.41) is 44.1. The Morgan fingerprint density at radius 3 is 2.32 bits per heavy atom. The number of amides is 1. The number of halogens is 1. The highest BCUT2D eigenvalue weighted by Gasteiger charge is 2.64. The number of phenols is 1. The zero-order valence-corrected chi connectivity index (χ0v) is 19.1.